The van der Waals surface area contributed by atoms with E-state index in [1.807, 2.05) is 47.4 Å². The monoisotopic (exact) mass is 570 g/mol. The summed E-state index contributed by atoms with van der Waals surface area (Å²) >= 11 is 0. The average Bonchev–Trinajstić information content (AvgIpc) is 3.32. The van der Waals surface area contributed by atoms with Gasteiger partial charge in [-0.3, -0.25) is 0 Å². The Kier molecular flexibility index (Phi) is 7.33. The Labute approximate surface area is 250 Å². The van der Waals surface area contributed by atoms with Crippen molar-refractivity contribution in [2.24, 2.45) is 0 Å². The van der Waals surface area contributed by atoms with E-state index in [1.54, 1.807) is 0 Å². The number of unbranched alkanes of at least 4 members (excludes halogenated alkanes) is 1. The first-order valence-corrected chi connectivity index (χ1v) is 15.1. The Balaban J connectivity index is 1.19. The van der Waals surface area contributed by atoms with Crippen molar-refractivity contribution in [2.45, 2.75) is 32.6 Å². The molecular weight excluding hydrogens is 536 g/mol. The van der Waals surface area contributed by atoms with Crippen LogP contribution in [-0.4, -0.2) is 52.2 Å². The number of fused-ring (bicyclic) bond motifs is 3. The maximum absolute atomic E-state index is 13.4. The molecule has 2 aromatic heterocycles. The van der Waals surface area contributed by atoms with Crippen LogP contribution in [0, 0.1) is 0 Å². The van der Waals surface area contributed by atoms with Gasteiger partial charge in [0.1, 0.15) is 22.7 Å². The summed E-state index contributed by atoms with van der Waals surface area (Å²) in [5.41, 5.74) is 3.04. The van der Waals surface area contributed by atoms with Gasteiger partial charge in [-0.1, -0.05) is 91.3 Å². The van der Waals surface area contributed by atoms with Gasteiger partial charge in [-0.05, 0) is 41.1 Å². The van der Waals surface area contributed by atoms with E-state index in [1.165, 1.54) is 5.39 Å². The number of aryl methyl sites for hydroxylation is 1. The Hall–Kier alpha value is -4.98. The van der Waals surface area contributed by atoms with E-state index in [0.29, 0.717) is 25.3 Å². The van der Waals surface area contributed by atoms with Gasteiger partial charge in [0.05, 0.1) is 5.69 Å². The third-order valence-electron chi connectivity index (χ3n) is 8.25. The predicted octanol–water partition coefficient (Wildman–Crippen LogP) is 7.68. The summed E-state index contributed by atoms with van der Waals surface area (Å²) in [6.45, 7) is 4.80. The van der Waals surface area contributed by atoms with E-state index in [-0.39, 0.29) is 6.03 Å². The Morgan fingerprint density at radius 3 is 2.56 bits per heavy atom. The summed E-state index contributed by atoms with van der Waals surface area (Å²) in [5.74, 6) is 1.59. The van der Waals surface area contributed by atoms with Crippen molar-refractivity contribution < 1.29 is 9.32 Å². The van der Waals surface area contributed by atoms with E-state index in [9.17, 15) is 4.79 Å². The molecule has 0 spiro atoms. The lowest BCUT2D eigenvalue weighted by atomic mass is 10.0. The number of anilines is 2. The highest BCUT2D eigenvalue weighted by Crippen LogP contribution is 2.35. The van der Waals surface area contributed by atoms with Crippen LogP contribution in [0.15, 0.2) is 89.5 Å². The molecule has 0 saturated carbocycles. The molecule has 2 amide bonds. The number of nitrogens with zero attached hydrogens (tertiary/aromatic N) is 5. The number of amides is 2. The number of carbonyl (C=O) groups excluding carboxylic acids is 1. The van der Waals surface area contributed by atoms with Crippen molar-refractivity contribution >= 4 is 50.2 Å². The fraction of sp³-hybridized carbons (Fsp3) is 0.257. The smallest absolute Gasteiger partial charge is 0.321 e. The number of urea groups is 1. The van der Waals surface area contributed by atoms with Gasteiger partial charge in [-0.2, -0.15) is 4.98 Å². The van der Waals surface area contributed by atoms with Crippen molar-refractivity contribution in [3.05, 3.63) is 90.8 Å². The number of carbonyl (C=O) groups is 1. The van der Waals surface area contributed by atoms with E-state index in [2.05, 4.69) is 64.8 Å². The van der Waals surface area contributed by atoms with E-state index in [0.717, 1.165) is 82.4 Å². The fourth-order valence-corrected chi connectivity index (χ4v) is 5.95. The summed E-state index contributed by atoms with van der Waals surface area (Å²) in [5, 5.41) is 12.9. The Bertz CT molecular complexity index is 1930. The van der Waals surface area contributed by atoms with Crippen LogP contribution in [0.3, 0.4) is 0 Å². The van der Waals surface area contributed by atoms with Gasteiger partial charge in [-0.25, -0.2) is 9.78 Å². The van der Waals surface area contributed by atoms with Gasteiger partial charge >= 0.3 is 6.03 Å². The molecule has 1 saturated heterocycles. The molecular formula is C35H34N6O2. The maximum atomic E-state index is 13.4. The van der Waals surface area contributed by atoms with Crippen LogP contribution in [0.25, 0.3) is 43.9 Å². The molecule has 3 heterocycles. The molecule has 4 aromatic carbocycles. The molecule has 8 heteroatoms. The van der Waals surface area contributed by atoms with Gasteiger partial charge in [0.2, 0.25) is 0 Å². The van der Waals surface area contributed by atoms with Crippen molar-refractivity contribution in [1.82, 2.24) is 20.0 Å². The molecule has 7 rings (SSSR count). The third kappa shape index (κ3) is 5.36. The van der Waals surface area contributed by atoms with Crippen LogP contribution in [0.5, 0.6) is 0 Å². The first kappa shape index (κ1) is 26.9. The lowest BCUT2D eigenvalue weighted by Crippen LogP contribution is -2.38. The van der Waals surface area contributed by atoms with Gasteiger partial charge in [0.15, 0.2) is 0 Å². The first-order chi connectivity index (χ1) is 21.2. The van der Waals surface area contributed by atoms with Crippen LogP contribution in [0.1, 0.15) is 32.0 Å². The van der Waals surface area contributed by atoms with E-state index >= 15 is 0 Å². The third-order valence-corrected chi connectivity index (χ3v) is 8.25. The number of hydrogen-bond donors (Lipinski definition) is 1. The van der Waals surface area contributed by atoms with Crippen LogP contribution >= 0.6 is 0 Å². The van der Waals surface area contributed by atoms with Crippen molar-refractivity contribution in [2.75, 3.05) is 36.4 Å². The summed E-state index contributed by atoms with van der Waals surface area (Å²) in [6, 6.07) is 28.6. The highest BCUT2D eigenvalue weighted by molar-refractivity contribution is 6.02. The van der Waals surface area contributed by atoms with E-state index < -0.39 is 0 Å². The quantitative estimate of drug-likeness (QED) is 0.221. The largest absolute Gasteiger partial charge is 0.354 e. The highest BCUT2D eigenvalue weighted by atomic mass is 16.5. The second kappa shape index (κ2) is 11.7. The van der Waals surface area contributed by atoms with Crippen LogP contribution < -0.4 is 10.2 Å². The molecule has 1 aliphatic heterocycles. The average molecular weight is 571 g/mol. The van der Waals surface area contributed by atoms with Crippen molar-refractivity contribution in [3.63, 3.8) is 0 Å². The molecule has 1 aliphatic rings. The summed E-state index contributed by atoms with van der Waals surface area (Å²) in [7, 11) is 0. The molecule has 0 radical (unpaired) electrons. The van der Waals surface area contributed by atoms with Crippen molar-refractivity contribution in [1.29, 1.82) is 0 Å². The minimum atomic E-state index is -0.0866. The molecule has 0 atom stereocenters. The van der Waals surface area contributed by atoms with E-state index in [4.69, 9.17) is 14.5 Å². The Morgan fingerprint density at radius 2 is 1.67 bits per heavy atom. The second-order valence-corrected chi connectivity index (χ2v) is 11.1. The summed E-state index contributed by atoms with van der Waals surface area (Å²) in [6.07, 6.45) is 3.65. The second-order valence-electron chi connectivity index (χ2n) is 11.1. The number of hydrogen-bond acceptors (Lipinski definition) is 6. The molecule has 1 N–H and O–H groups in total. The fourth-order valence-electron chi connectivity index (χ4n) is 5.95. The lowest BCUT2D eigenvalue weighted by Gasteiger charge is -2.24. The molecule has 0 bridgehead atoms. The maximum Gasteiger partial charge on any atom is 0.321 e. The molecule has 1 fully saturated rings. The van der Waals surface area contributed by atoms with Crippen LogP contribution in [-0.2, 0) is 6.42 Å². The lowest BCUT2D eigenvalue weighted by molar-refractivity contribution is 0.215. The summed E-state index contributed by atoms with van der Waals surface area (Å²) < 4.78 is 5.86. The zero-order valence-corrected chi connectivity index (χ0v) is 24.3. The Morgan fingerprint density at radius 1 is 0.860 bits per heavy atom. The number of nitrogens with one attached hydrogen (secondary N) is 1. The molecule has 216 valence electrons. The van der Waals surface area contributed by atoms with Crippen molar-refractivity contribution in [3.8, 4) is 11.3 Å². The molecule has 0 aliphatic carbocycles. The molecule has 6 aromatic rings. The topological polar surface area (TPSA) is 87.4 Å². The van der Waals surface area contributed by atoms with Gasteiger partial charge in [-0.15, -0.1) is 0 Å². The van der Waals surface area contributed by atoms with Crippen LogP contribution in [0.2, 0.25) is 0 Å². The van der Waals surface area contributed by atoms with Gasteiger partial charge < -0.3 is 19.6 Å². The van der Waals surface area contributed by atoms with Gasteiger partial charge in [0.25, 0.3) is 5.71 Å². The normalized spacial score (nSPS) is 14.0. The zero-order chi connectivity index (χ0) is 29.2. The minimum Gasteiger partial charge on any atom is -0.354 e. The number of rotatable bonds is 6. The molecule has 0 unspecified atom stereocenters. The predicted molar refractivity (Wildman–Crippen MR) is 173 cm³/mol. The minimum absolute atomic E-state index is 0.0866. The number of benzene rings is 4. The zero-order valence-electron chi connectivity index (χ0n) is 24.3. The summed E-state index contributed by atoms with van der Waals surface area (Å²) in [4.78, 5) is 27.5. The number of aromatic nitrogens is 3. The van der Waals surface area contributed by atoms with Crippen LogP contribution in [0.4, 0.5) is 16.3 Å². The first-order valence-electron chi connectivity index (χ1n) is 15.1. The molecule has 43 heavy (non-hydrogen) atoms. The standard InChI is InChI=1S/C35H34N6O2/c1-2-3-16-30-37-33(31-32(39-43-34(31)38-30)27-18-17-24-10-4-5-12-26(24)23-27)40-19-9-20-41(22-21-40)35(42)36-29-15-8-13-25-11-6-7-14-28(25)29/h4-8,10-15,17-18,23H,2-3,9,16,19-22H2,1H3,(H,36,42). The highest BCUT2D eigenvalue weighted by Gasteiger charge is 2.26. The molecule has 8 nitrogen and oxygen atoms in total. The SMILES string of the molecule is CCCCc1nc(N2CCCN(C(=O)Nc3cccc4ccccc34)CC2)c2c(-c3ccc4ccccc4c3)noc2n1. The van der Waals surface area contributed by atoms with Gasteiger partial charge in [0, 0.05) is 43.5 Å².